The fourth-order valence-electron chi connectivity index (χ4n) is 3.16. The summed E-state index contributed by atoms with van der Waals surface area (Å²) >= 11 is 0. The Kier molecular flexibility index (Phi) is 4.64. The Balaban J connectivity index is 2.52. The number of ether oxygens (including phenoxy) is 1. The van der Waals surface area contributed by atoms with Crippen LogP contribution in [0.3, 0.4) is 0 Å². The third kappa shape index (κ3) is 3.85. The molecule has 134 valence electrons. The third-order valence-electron chi connectivity index (χ3n) is 3.76. The van der Waals surface area contributed by atoms with Crippen LogP contribution in [0.15, 0.2) is 23.1 Å². The van der Waals surface area contributed by atoms with Gasteiger partial charge in [-0.3, -0.25) is 10.1 Å². The summed E-state index contributed by atoms with van der Waals surface area (Å²) < 4.78 is 32.0. The van der Waals surface area contributed by atoms with Crippen molar-refractivity contribution in [1.82, 2.24) is 4.72 Å². The molecule has 0 aromatic heterocycles. The van der Waals surface area contributed by atoms with Crippen LogP contribution in [0.2, 0.25) is 0 Å². The molecule has 0 saturated carbocycles. The molecule has 1 aliphatic rings. The number of morpholine rings is 1. The van der Waals surface area contributed by atoms with Crippen LogP contribution in [0.5, 0.6) is 0 Å². The maximum atomic E-state index is 11.9. The number of nitrogens with one attached hydrogen (secondary N) is 1. The molecular weight excluding hydrogens is 334 g/mol. The molecule has 8 nitrogen and oxygen atoms in total. The van der Waals surface area contributed by atoms with E-state index >= 15 is 0 Å². The summed E-state index contributed by atoms with van der Waals surface area (Å²) in [7, 11) is -2.48. The van der Waals surface area contributed by atoms with Gasteiger partial charge in [-0.15, -0.1) is 0 Å². The van der Waals surface area contributed by atoms with Crippen LogP contribution in [0, 0.1) is 10.1 Å². The lowest BCUT2D eigenvalue weighted by Gasteiger charge is -2.47. The highest BCUT2D eigenvalue weighted by Gasteiger charge is 2.40. The Morgan fingerprint density at radius 2 is 1.75 bits per heavy atom. The second kappa shape index (κ2) is 5.98. The van der Waals surface area contributed by atoms with Gasteiger partial charge in [-0.2, -0.15) is 0 Å². The second-order valence-corrected chi connectivity index (χ2v) is 8.98. The van der Waals surface area contributed by atoms with Crippen LogP contribution < -0.4 is 9.62 Å². The zero-order valence-electron chi connectivity index (χ0n) is 14.5. The maximum Gasteiger partial charge on any atom is 0.293 e. The summed E-state index contributed by atoms with van der Waals surface area (Å²) in [6.07, 6.45) is 0. The van der Waals surface area contributed by atoms with Gasteiger partial charge < -0.3 is 9.64 Å². The van der Waals surface area contributed by atoms with Crippen LogP contribution in [0.4, 0.5) is 11.4 Å². The summed E-state index contributed by atoms with van der Waals surface area (Å²) in [4.78, 5) is 12.7. The van der Waals surface area contributed by atoms with Crippen molar-refractivity contribution >= 4 is 21.4 Å². The summed E-state index contributed by atoms with van der Waals surface area (Å²) in [5.41, 5.74) is -0.809. The molecule has 0 atom stereocenters. The fourth-order valence-corrected chi connectivity index (χ4v) is 3.91. The number of nitro groups is 1. The predicted molar refractivity (Wildman–Crippen MR) is 90.8 cm³/mol. The number of rotatable bonds is 4. The van der Waals surface area contributed by atoms with Gasteiger partial charge in [0.2, 0.25) is 10.0 Å². The zero-order valence-corrected chi connectivity index (χ0v) is 15.3. The summed E-state index contributed by atoms with van der Waals surface area (Å²) in [5.74, 6) is 0. The molecule has 1 aromatic rings. The quantitative estimate of drug-likeness (QED) is 0.652. The van der Waals surface area contributed by atoms with Crippen molar-refractivity contribution in [3.8, 4) is 0 Å². The van der Waals surface area contributed by atoms with Crippen molar-refractivity contribution < 1.29 is 18.1 Å². The van der Waals surface area contributed by atoms with Crippen molar-refractivity contribution in [1.29, 1.82) is 0 Å². The predicted octanol–water partition coefficient (Wildman–Crippen LogP) is 1.90. The first-order chi connectivity index (χ1) is 10.9. The lowest BCUT2D eigenvalue weighted by molar-refractivity contribution is -0.384. The van der Waals surface area contributed by atoms with Gasteiger partial charge in [0, 0.05) is 19.2 Å². The SMILES string of the molecule is CNS(=O)(=O)c1ccc(N2CC(C)(C)OC(C)(C)C2)c([N+](=O)[O-])c1. The molecule has 24 heavy (non-hydrogen) atoms. The lowest BCUT2D eigenvalue weighted by atomic mass is 9.98. The van der Waals surface area contributed by atoms with E-state index in [1.54, 1.807) is 0 Å². The fraction of sp³-hybridized carbons (Fsp3) is 0.600. The largest absolute Gasteiger partial charge is 0.366 e. The van der Waals surface area contributed by atoms with E-state index in [0.717, 1.165) is 6.07 Å². The zero-order chi connectivity index (χ0) is 18.3. The molecular formula is C15H23N3O5S. The first-order valence-corrected chi connectivity index (χ1v) is 9.02. The van der Waals surface area contributed by atoms with Gasteiger partial charge in [-0.1, -0.05) is 0 Å². The van der Waals surface area contributed by atoms with E-state index in [1.165, 1.54) is 19.2 Å². The van der Waals surface area contributed by atoms with E-state index in [0.29, 0.717) is 18.8 Å². The van der Waals surface area contributed by atoms with Crippen LogP contribution in [-0.2, 0) is 14.8 Å². The standard InChI is InChI=1S/C15H23N3O5S/c1-14(2)9-17(10-15(3,4)23-14)12-7-6-11(24(21,22)16-5)8-13(12)18(19)20/h6-8,16H,9-10H2,1-5H3. The Morgan fingerprint density at radius 3 is 2.21 bits per heavy atom. The van der Waals surface area contributed by atoms with E-state index in [1.807, 2.05) is 32.6 Å². The lowest BCUT2D eigenvalue weighted by Crippen LogP contribution is -2.57. The number of nitrogens with zero attached hydrogens (tertiary/aromatic N) is 2. The van der Waals surface area contributed by atoms with Crippen LogP contribution in [-0.4, -0.2) is 44.7 Å². The van der Waals surface area contributed by atoms with Crippen molar-refractivity contribution in [2.24, 2.45) is 0 Å². The molecule has 0 amide bonds. The molecule has 1 aromatic carbocycles. The Morgan fingerprint density at radius 1 is 1.21 bits per heavy atom. The molecule has 0 bridgehead atoms. The molecule has 1 heterocycles. The van der Waals surface area contributed by atoms with Crippen molar-refractivity contribution in [2.75, 3.05) is 25.0 Å². The molecule has 0 aliphatic carbocycles. The minimum absolute atomic E-state index is 0.132. The van der Waals surface area contributed by atoms with Gasteiger partial charge in [-0.25, -0.2) is 13.1 Å². The Hall–Kier alpha value is -1.71. The number of anilines is 1. The minimum atomic E-state index is -3.75. The average Bonchev–Trinajstić information content (AvgIpc) is 2.43. The third-order valence-corrected chi connectivity index (χ3v) is 5.17. The molecule has 1 aliphatic heterocycles. The van der Waals surface area contributed by atoms with Crippen LogP contribution in [0.1, 0.15) is 27.7 Å². The Bertz CT molecular complexity index is 742. The van der Waals surface area contributed by atoms with Crippen LogP contribution >= 0.6 is 0 Å². The maximum absolute atomic E-state index is 11.9. The molecule has 2 rings (SSSR count). The monoisotopic (exact) mass is 357 g/mol. The summed E-state index contributed by atoms with van der Waals surface area (Å²) in [5, 5.41) is 11.5. The molecule has 1 fully saturated rings. The van der Waals surface area contributed by atoms with E-state index in [4.69, 9.17) is 4.74 Å². The summed E-state index contributed by atoms with van der Waals surface area (Å²) in [6, 6.07) is 3.96. The number of hydrogen-bond donors (Lipinski definition) is 1. The van der Waals surface area contributed by atoms with Gasteiger partial charge in [-0.05, 0) is 46.9 Å². The molecule has 0 unspecified atom stereocenters. The van der Waals surface area contributed by atoms with Crippen molar-refractivity contribution in [3.05, 3.63) is 28.3 Å². The van der Waals surface area contributed by atoms with Gasteiger partial charge in [0.25, 0.3) is 5.69 Å². The Labute approximate surface area is 142 Å². The highest BCUT2D eigenvalue weighted by molar-refractivity contribution is 7.89. The second-order valence-electron chi connectivity index (χ2n) is 7.09. The van der Waals surface area contributed by atoms with Gasteiger partial charge >= 0.3 is 0 Å². The van der Waals surface area contributed by atoms with Gasteiger partial charge in [0.15, 0.2) is 0 Å². The smallest absolute Gasteiger partial charge is 0.293 e. The highest BCUT2D eigenvalue weighted by Crippen LogP contribution is 2.37. The van der Waals surface area contributed by atoms with Gasteiger partial charge in [0.05, 0.1) is 21.0 Å². The molecule has 0 radical (unpaired) electrons. The first kappa shape index (κ1) is 18.6. The first-order valence-electron chi connectivity index (χ1n) is 7.54. The van der Waals surface area contributed by atoms with Crippen LogP contribution in [0.25, 0.3) is 0 Å². The normalized spacial score (nSPS) is 20.0. The topological polar surface area (TPSA) is 102 Å². The number of sulfonamides is 1. The van der Waals surface area contributed by atoms with E-state index in [2.05, 4.69) is 4.72 Å². The van der Waals surface area contributed by atoms with E-state index in [9.17, 15) is 18.5 Å². The number of hydrogen-bond acceptors (Lipinski definition) is 6. The number of benzene rings is 1. The minimum Gasteiger partial charge on any atom is -0.366 e. The van der Waals surface area contributed by atoms with E-state index < -0.39 is 26.1 Å². The average molecular weight is 357 g/mol. The molecule has 1 N–H and O–H groups in total. The van der Waals surface area contributed by atoms with E-state index in [-0.39, 0.29) is 10.6 Å². The van der Waals surface area contributed by atoms with Gasteiger partial charge in [0.1, 0.15) is 5.69 Å². The highest BCUT2D eigenvalue weighted by atomic mass is 32.2. The van der Waals surface area contributed by atoms with Crippen molar-refractivity contribution in [2.45, 2.75) is 43.8 Å². The summed E-state index contributed by atoms with van der Waals surface area (Å²) in [6.45, 7) is 8.63. The number of nitro benzene ring substituents is 1. The van der Waals surface area contributed by atoms with Crippen molar-refractivity contribution in [3.63, 3.8) is 0 Å². The molecule has 0 spiro atoms. The molecule has 1 saturated heterocycles. The molecule has 9 heteroatoms.